The zero-order chi connectivity index (χ0) is 15.6. The van der Waals surface area contributed by atoms with Crippen molar-refractivity contribution < 1.29 is 13.3 Å². The summed E-state index contributed by atoms with van der Waals surface area (Å²) in [5.41, 5.74) is -0.0843. The number of rotatable bonds is 5. The third kappa shape index (κ3) is 3.67. The molecular weight excluding hydrogens is 380 g/mol. The van der Waals surface area contributed by atoms with E-state index in [4.69, 9.17) is 0 Å². The quantitative estimate of drug-likeness (QED) is 0.626. The van der Waals surface area contributed by atoms with Crippen LogP contribution >= 0.6 is 27.3 Å². The molecule has 1 heterocycles. The van der Waals surface area contributed by atoms with Crippen molar-refractivity contribution in [2.75, 3.05) is 0 Å². The van der Waals surface area contributed by atoms with Gasteiger partial charge in [0.25, 0.3) is 5.69 Å². The first-order chi connectivity index (χ1) is 9.81. The highest BCUT2D eigenvalue weighted by atomic mass is 79.9. The standard InChI is InChI=1S/C12H11BrN2O4S2/c1-8-3-2-4-10(15(16)17)12(8)21(18,19)14-7-9-5-6-11(13)20-9/h2-6,14H,7H2,1H3. The van der Waals surface area contributed by atoms with Gasteiger partial charge in [0.2, 0.25) is 10.0 Å². The van der Waals surface area contributed by atoms with E-state index in [0.717, 1.165) is 8.66 Å². The van der Waals surface area contributed by atoms with Crippen molar-refractivity contribution >= 4 is 43.0 Å². The van der Waals surface area contributed by atoms with Gasteiger partial charge in [-0.05, 0) is 40.5 Å². The Morgan fingerprint density at radius 1 is 1.33 bits per heavy atom. The first-order valence-electron chi connectivity index (χ1n) is 5.79. The Kier molecular flexibility index (Phi) is 4.77. The molecule has 1 N–H and O–H groups in total. The summed E-state index contributed by atoms with van der Waals surface area (Å²) < 4.78 is 28.0. The average molecular weight is 391 g/mol. The second-order valence-corrected chi connectivity index (χ2v) is 8.46. The van der Waals surface area contributed by atoms with Gasteiger partial charge < -0.3 is 0 Å². The zero-order valence-electron chi connectivity index (χ0n) is 10.9. The summed E-state index contributed by atoms with van der Waals surface area (Å²) in [7, 11) is -3.96. The summed E-state index contributed by atoms with van der Waals surface area (Å²) in [6.07, 6.45) is 0. The number of hydrogen-bond donors (Lipinski definition) is 1. The van der Waals surface area contributed by atoms with E-state index in [-0.39, 0.29) is 11.4 Å². The van der Waals surface area contributed by atoms with Gasteiger partial charge in [-0.25, -0.2) is 13.1 Å². The van der Waals surface area contributed by atoms with E-state index < -0.39 is 20.6 Å². The largest absolute Gasteiger partial charge is 0.289 e. The Bertz CT molecular complexity index is 786. The molecule has 9 heteroatoms. The second-order valence-electron chi connectivity index (χ2n) is 4.21. The van der Waals surface area contributed by atoms with Crippen LogP contribution in [0.25, 0.3) is 0 Å². The highest BCUT2D eigenvalue weighted by Crippen LogP contribution is 2.27. The maximum absolute atomic E-state index is 12.3. The molecule has 2 rings (SSSR count). The molecular formula is C12H11BrN2O4S2. The first kappa shape index (κ1) is 16.1. The predicted molar refractivity (Wildman–Crippen MR) is 83.9 cm³/mol. The monoisotopic (exact) mass is 390 g/mol. The SMILES string of the molecule is Cc1cccc([N+](=O)[O-])c1S(=O)(=O)NCc1ccc(Br)s1. The number of benzene rings is 1. The van der Waals surface area contributed by atoms with Crippen molar-refractivity contribution in [3.05, 3.63) is 54.7 Å². The molecule has 0 unspecified atom stereocenters. The lowest BCUT2D eigenvalue weighted by atomic mass is 10.2. The lowest BCUT2D eigenvalue weighted by Crippen LogP contribution is -2.24. The van der Waals surface area contributed by atoms with Crippen molar-refractivity contribution in [1.29, 1.82) is 0 Å². The van der Waals surface area contributed by atoms with Crippen molar-refractivity contribution in [2.24, 2.45) is 0 Å². The van der Waals surface area contributed by atoms with E-state index in [9.17, 15) is 18.5 Å². The minimum atomic E-state index is -3.96. The fourth-order valence-corrected chi connectivity index (χ4v) is 4.73. The molecule has 21 heavy (non-hydrogen) atoms. The number of halogens is 1. The van der Waals surface area contributed by atoms with Gasteiger partial charge in [0.1, 0.15) is 0 Å². The topological polar surface area (TPSA) is 89.3 Å². The van der Waals surface area contributed by atoms with Crippen molar-refractivity contribution in [3.8, 4) is 0 Å². The van der Waals surface area contributed by atoms with Crippen LogP contribution in [-0.4, -0.2) is 13.3 Å². The highest BCUT2D eigenvalue weighted by Gasteiger charge is 2.27. The average Bonchev–Trinajstić information content (AvgIpc) is 2.82. The Labute approximate surface area is 134 Å². The fraction of sp³-hybridized carbons (Fsp3) is 0.167. The number of hydrogen-bond acceptors (Lipinski definition) is 5. The smallest absolute Gasteiger partial charge is 0.258 e. The van der Waals surface area contributed by atoms with E-state index in [1.54, 1.807) is 6.07 Å². The number of sulfonamides is 1. The zero-order valence-corrected chi connectivity index (χ0v) is 14.1. The summed E-state index contributed by atoms with van der Waals surface area (Å²) in [6.45, 7) is 1.62. The number of thiophene rings is 1. The molecule has 0 saturated carbocycles. The molecule has 0 saturated heterocycles. The molecule has 0 fully saturated rings. The third-order valence-electron chi connectivity index (χ3n) is 2.72. The van der Waals surface area contributed by atoms with Crippen LogP contribution in [0.5, 0.6) is 0 Å². The van der Waals surface area contributed by atoms with Crippen LogP contribution in [0.1, 0.15) is 10.4 Å². The molecule has 0 bridgehead atoms. The van der Waals surface area contributed by atoms with Crippen LogP contribution in [0.3, 0.4) is 0 Å². The van der Waals surface area contributed by atoms with Gasteiger partial charge in [-0.3, -0.25) is 10.1 Å². The lowest BCUT2D eigenvalue weighted by molar-refractivity contribution is -0.387. The van der Waals surface area contributed by atoms with Crippen molar-refractivity contribution in [3.63, 3.8) is 0 Å². The number of nitro groups is 1. The molecule has 1 aromatic heterocycles. The normalized spacial score (nSPS) is 11.5. The van der Waals surface area contributed by atoms with Gasteiger partial charge in [0, 0.05) is 17.5 Å². The van der Waals surface area contributed by atoms with Crippen molar-refractivity contribution in [1.82, 2.24) is 4.72 Å². The van der Waals surface area contributed by atoms with Crippen LogP contribution < -0.4 is 4.72 Å². The summed E-state index contributed by atoms with van der Waals surface area (Å²) in [6, 6.07) is 7.77. The molecule has 0 aliphatic rings. The van der Waals surface area contributed by atoms with Gasteiger partial charge >= 0.3 is 0 Å². The maximum atomic E-state index is 12.3. The Hall–Kier alpha value is -1.29. The molecule has 2 aromatic rings. The van der Waals surface area contributed by atoms with Crippen LogP contribution in [0.15, 0.2) is 39.0 Å². The third-order valence-corrected chi connectivity index (χ3v) is 5.94. The van der Waals surface area contributed by atoms with Crippen LogP contribution in [0.2, 0.25) is 0 Å². The predicted octanol–water partition coefficient (Wildman–Crippen LogP) is 3.21. The van der Waals surface area contributed by atoms with E-state index >= 15 is 0 Å². The fourth-order valence-electron chi connectivity index (χ4n) is 1.82. The minimum absolute atomic E-state index is 0.0874. The number of nitrogens with one attached hydrogen (secondary N) is 1. The molecule has 0 spiro atoms. The number of nitro benzene ring substituents is 1. The molecule has 0 radical (unpaired) electrons. The maximum Gasteiger partial charge on any atom is 0.289 e. The first-order valence-corrected chi connectivity index (χ1v) is 8.88. The molecule has 0 amide bonds. The van der Waals surface area contributed by atoms with Gasteiger partial charge in [-0.15, -0.1) is 11.3 Å². The van der Waals surface area contributed by atoms with Crippen LogP contribution in [0.4, 0.5) is 5.69 Å². The van der Waals surface area contributed by atoms with Crippen LogP contribution in [-0.2, 0) is 16.6 Å². The lowest BCUT2D eigenvalue weighted by Gasteiger charge is -2.09. The Balaban J connectivity index is 2.33. The summed E-state index contributed by atoms with van der Waals surface area (Å²) in [5, 5.41) is 11.0. The molecule has 0 aliphatic carbocycles. The molecule has 0 aliphatic heterocycles. The van der Waals surface area contributed by atoms with E-state index in [0.29, 0.717) is 5.56 Å². The van der Waals surface area contributed by atoms with Gasteiger partial charge in [-0.1, -0.05) is 12.1 Å². The highest BCUT2D eigenvalue weighted by molar-refractivity contribution is 9.11. The van der Waals surface area contributed by atoms with Crippen LogP contribution in [0, 0.1) is 17.0 Å². The van der Waals surface area contributed by atoms with E-state index in [2.05, 4.69) is 20.7 Å². The minimum Gasteiger partial charge on any atom is -0.258 e. The Morgan fingerprint density at radius 2 is 2.05 bits per heavy atom. The second kappa shape index (κ2) is 6.22. The Morgan fingerprint density at radius 3 is 2.62 bits per heavy atom. The summed E-state index contributed by atoms with van der Waals surface area (Å²) >= 11 is 4.69. The van der Waals surface area contributed by atoms with Gasteiger partial charge in [-0.2, -0.15) is 0 Å². The molecule has 1 aromatic carbocycles. The van der Waals surface area contributed by atoms with E-state index in [1.807, 2.05) is 6.07 Å². The number of nitrogens with zero attached hydrogens (tertiary/aromatic N) is 1. The summed E-state index contributed by atoms with van der Waals surface area (Å²) in [5.74, 6) is 0. The van der Waals surface area contributed by atoms with Gasteiger partial charge in [0.15, 0.2) is 4.90 Å². The molecule has 6 nitrogen and oxygen atoms in total. The molecule has 0 atom stereocenters. The molecule has 112 valence electrons. The number of aryl methyl sites for hydroxylation is 1. The van der Waals surface area contributed by atoms with E-state index in [1.165, 1.54) is 36.5 Å². The summed E-state index contributed by atoms with van der Waals surface area (Å²) in [4.78, 5) is 10.8. The van der Waals surface area contributed by atoms with Crippen molar-refractivity contribution in [2.45, 2.75) is 18.4 Å². The van der Waals surface area contributed by atoms with Gasteiger partial charge in [0.05, 0.1) is 8.71 Å².